The lowest BCUT2D eigenvalue weighted by molar-refractivity contribution is 0.00913. The van der Waals surface area contributed by atoms with E-state index in [-0.39, 0.29) is 24.3 Å². The minimum absolute atomic E-state index is 0.173. The van der Waals surface area contributed by atoms with E-state index in [1.807, 2.05) is 71.3 Å². The number of anilines is 3. The van der Waals surface area contributed by atoms with Crippen LogP contribution in [0, 0.1) is 5.92 Å². The molecule has 0 bridgehead atoms. The molecule has 2 saturated carbocycles. The number of carbonyl (C=O) groups excluding carboxylic acids is 2. The molecule has 3 aliphatic rings. The Balaban J connectivity index is 1.29. The second-order valence-electron chi connectivity index (χ2n) is 17.6. The number of aromatic nitrogens is 2. The summed E-state index contributed by atoms with van der Waals surface area (Å²) in [6, 6.07) is 2.19. The van der Waals surface area contributed by atoms with Crippen LogP contribution in [0.3, 0.4) is 0 Å². The number of nitrogens with one attached hydrogen (secondary N) is 1. The van der Waals surface area contributed by atoms with Gasteiger partial charge in [-0.25, -0.2) is 9.59 Å². The highest BCUT2D eigenvalue weighted by molar-refractivity contribution is 7.53. The fourth-order valence-electron chi connectivity index (χ4n) is 7.84. The summed E-state index contributed by atoms with van der Waals surface area (Å²) in [6.45, 7) is 21.2. The molecule has 2 aliphatic carbocycles. The number of piperazine rings is 1. The molecule has 320 valence electrons. The number of nitrogen functional groups attached to an aromatic ring is 1. The first kappa shape index (κ1) is 45.8. The highest BCUT2D eigenvalue weighted by atomic mass is 31.2. The first-order valence-electron chi connectivity index (χ1n) is 21.2. The van der Waals surface area contributed by atoms with Crippen LogP contribution in [0.2, 0.25) is 0 Å². The first-order chi connectivity index (χ1) is 26.5. The molecule has 4 rings (SSSR count). The third-order valence-electron chi connectivity index (χ3n) is 10.6. The molecule has 0 radical (unpaired) electrons. The van der Waals surface area contributed by atoms with Gasteiger partial charge in [-0.15, -0.1) is 0 Å². The van der Waals surface area contributed by atoms with Crippen molar-refractivity contribution in [1.29, 1.82) is 0 Å². The van der Waals surface area contributed by atoms with Crippen LogP contribution >= 0.6 is 7.60 Å². The van der Waals surface area contributed by atoms with Crippen molar-refractivity contribution in [2.24, 2.45) is 5.92 Å². The average molecular weight is 809 g/mol. The zero-order valence-electron chi connectivity index (χ0n) is 35.7. The summed E-state index contributed by atoms with van der Waals surface area (Å²) in [6.07, 6.45) is 9.59. The molecule has 56 heavy (non-hydrogen) atoms. The van der Waals surface area contributed by atoms with E-state index < -0.39 is 18.8 Å². The first-order valence-corrected chi connectivity index (χ1v) is 22.9. The van der Waals surface area contributed by atoms with E-state index in [9.17, 15) is 14.2 Å². The average Bonchev–Trinajstić information content (AvgIpc) is 3.12. The zero-order chi connectivity index (χ0) is 40.9. The van der Waals surface area contributed by atoms with Crippen LogP contribution in [0.5, 0.6) is 0 Å². The predicted octanol–water partition coefficient (Wildman–Crippen LogP) is 7.61. The van der Waals surface area contributed by atoms with Gasteiger partial charge < -0.3 is 44.3 Å². The smallest absolute Gasteiger partial charge is 0.410 e. The SMILES string of the molecule is CCOP(=O)(CCN1CCN(c2cc(N)nc(N[C@H]3CC[C@H](CN(CCCN(C(=O)OC(C)(C)C)C4CCCCC4)C(=O)OC(C)(C)C)CC3)n2)CC1)OCC. The largest absolute Gasteiger partial charge is 0.444 e. The molecule has 2 amide bonds. The van der Waals surface area contributed by atoms with E-state index in [1.54, 1.807) is 0 Å². The Bertz CT molecular complexity index is 1410. The topological polar surface area (TPSA) is 165 Å². The Morgan fingerprint density at radius 1 is 0.857 bits per heavy atom. The second kappa shape index (κ2) is 21.2. The Hall–Kier alpha value is -2.87. The minimum Gasteiger partial charge on any atom is -0.444 e. The van der Waals surface area contributed by atoms with Gasteiger partial charge in [-0.3, -0.25) is 9.46 Å². The molecular weight excluding hydrogens is 735 g/mol. The second-order valence-corrected chi connectivity index (χ2v) is 19.8. The monoisotopic (exact) mass is 809 g/mol. The van der Waals surface area contributed by atoms with Crippen LogP contribution < -0.4 is 16.0 Å². The number of nitrogens with zero attached hydrogens (tertiary/aromatic N) is 6. The Morgan fingerprint density at radius 2 is 1.46 bits per heavy atom. The lowest BCUT2D eigenvalue weighted by atomic mass is 9.85. The van der Waals surface area contributed by atoms with Crippen molar-refractivity contribution >= 4 is 37.4 Å². The lowest BCUT2D eigenvalue weighted by Gasteiger charge is -2.37. The van der Waals surface area contributed by atoms with Gasteiger partial charge in [0.05, 0.1) is 19.4 Å². The van der Waals surface area contributed by atoms with Crippen LogP contribution in [0.15, 0.2) is 6.07 Å². The minimum atomic E-state index is -3.07. The number of rotatable bonds is 17. The summed E-state index contributed by atoms with van der Waals surface area (Å²) in [4.78, 5) is 44.4. The molecule has 0 spiro atoms. The van der Waals surface area contributed by atoms with Crippen molar-refractivity contribution in [3.05, 3.63) is 6.07 Å². The van der Waals surface area contributed by atoms with Crippen LogP contribution in [0.4, 0.5) is 27.2 Å². The van der Waals surface area contributed by atoms with Crippen molar-refractivity contribution < 1.29 is 32.7 Å². The van der Waals surface area contributed by atoms with Gasteiger partial charge in [0, 0.05) is 70.5 Å². The summed E-state index contributed by atoms with van der Waals surface area (Å²) >= 11 is 0. The van der Waals surface area contributed by atoms with Crippen LogP contribution in [-0.2, 0) is 23.1 Å². The maximum Gasteiger partial charge on any atom is 0.410 e. The van der Waals surface area contributed by atoms with Crippen LogP contribution in [-0.4, -0.2) is 132 Å². The number of hydrogen-bond acceptors (Lipinski definition) is 13. The molecule has 3 fully saturated rings. The number of ether oxygens (including phenoxy) is 2. The highest BCUT2D eigenvalue weighted by Gasteiger charge is 2.32. The van der Waals surface area contributed by atoms with Crippen molar-refractivity contribution in [2.75, 3.05) is 87.7 Å². The van der Waals surface area contributed by atoms with Gasteiger partial charge in [-0.2, -0.15) is 9.97 Å². The van der Waals surface area contributed by atoms with Crippen molar-refractivity contribution in [1.82, 2.24) is 24.7 Å². The lowest BCUT2D eigenvalue weighted by Crippen LogP contribution is -2.47. The molecule has 3 N–H and O–H groups in total. The summed E-state index contributed by atoms with van der Waals surface area (Å²) in [5.74, 6) is 2.07. The van der Waals surface area contributed by atoms with Crippen molar-refractivity contribution in [3.8, 4) is 0 Å². The molecule has 1 saturated heterocycles. The van der Waals surface area contributed by atoms with Crippen molar-refractivity contribution in [3.63, 3.8) is 0 Å². The summed E-state index contributed by atoms with van der Waals surface area (Å²) < 4.78 is 35.5. The van der Waals surface area contributed by atoms with Crippen molar-refractivity contribution in [2.45, 2.75) is 143 Å². The molecule has 0 unspecified atom stereocenters. The molecule has 0 atom stereocenters. The van der Waals surface area contributed by atoms with E-state index in [4.69, 9.17) is 29.2 Å². The Morgan fingerprint density at radius 3 is 2.05 bits per heavy atom. The maximum atomic E-state index is 13.5. The highest BCUT2D eigenvalue weighted by Crippen LogP contribution is 2.47. The number of hydrogen-bond donors (Lipinski definition) is 2. The van der Waals surface area contributed by atoms with E-state index in [0.29, 0.717) is 69.7 Å². The molecule has 1 aliphatic heterocycles. The summed E-state index contributed by atoms with van der Waals surface area (Å²) in [5, 5.41) is 3.55. The third-order valence-corrected chi connectivity index (χ3v) is 12.6. The molecule has 1 aromatic rings. The van der Waals surface area contributed by atoms with Gasteiger partial charge in [0.2, 0.25) is 5.95 Å². The fourth-order valence-corrected chi connectivity index (χ4v) is 9.49. The zero-order valence-corrected chi connectivity index (χ0v) is 36.6. The molecule has 0 aromatic carbocycles. The Labute approximate surface area is 336 Å². The fraction of sp³-hybridized carbons (Fsp3) is 0.850. The standard InChI is InChI=1S/C40H73N8O7P/c1-9-52-56(51,53-10-2)28-27-45-23-25-46(26-24-45)35-29-34(41)43-36(44-35)42-32-19-17-31(18-20-32)30-47(37(49)54-39(3,4)5)21-14-22-48(33-15-12-11-13-16-33)38(50)55-40(6,7)8/h29,31-33H,9-28,30H2,1-8H3,(H3,41,42,43,44)/t31-,32-. The van der Waals surface area contributed by atoms with Gasteiger partial charge in [0.15, 0.2) is 0 Å². The molecule has 15 nitrogen and oxygen atoms in total. The molecule has 16 heteroatoms. The van der Waals surface area contributed by atoms with Crippen LogP contribution in [0.1, 0.15) is 120 Å². The summed E-state index contributed by atoms with van der Waals surface area (Å²) in [5.41, 5.74) is 5.11. The third kappa shape index (κ3) is 15.5. The van der Waals surface area contributed by atoms with E-state index >= 15 is 0 Å². The molecule has 1 aromatic heterocycles. The van der Waals surface area contributed by atoms with Gasteiger partial charge in [0.25, 0.3) is 0 Å². The molecular formula is C40H73N8O7P. The van der Waals surface area contributed by atoms with Crippen LogP contribution in [0.25, 0.3) is 0 Å². The van der Waals surface area contributed by atoms with E-state index in [0.717, 1.165) is 83.4 Å². The van der Waals surface area contributed by atoms with Gasteiger partial charge in [-0.1, -0.05) is 19.3 Å². The van der Waals surface area contributed by atoms with Gasteiger partial charge >= 0.3 is 19.8 Å². The van der Waals surface area contributed by atoms with Gasteiger partial charge in [-0.05, 0) is 106 Å². The van der Waals surface area contributed by atoms with E-state index in [1.165, 1.54) is 6.42 Å². The Kier molecular flexibility index (Phi) is 17.4. The maximum absolute atomic E-state index is 13.5. The van der Waals surface area contributed by atoms with Gasteiger partial charge in [0.1, 0.15) is 22.8 Å². The number of nitrogens with two attached hydrogens (primary N) is 1. The quantitative estimate of drug-likeness (QED) is 0.148. The number of amides is 2. The normalized spacial score (nSPS) is 20.4. The molecule has 2 heterocycles. The van der Waals surface area contributed by atoms with E-state index in [2.05, 4.69) is 20.1 Å². The number of carbonyl (C=O) groups is 2. The summed E-state index contributed by atoms with van der Waals surface area (Å²) in [7, 11) is -3.07. The predicted molar refractivity (Wildman–Crippen MR) is 222 cm³/mol.